The molecule has 0 aromatic carbocycles. The fourth-order valence-corrected chi connectivity index (χ4v) is 3.85. The third-order valence-corrected chi connectivity index (χ3v) is 5.49. The van der Waals surface area contributed by atoms with Crippen molar-refractivity contribution < 1.29 is 4.74 Å². The number of nitrogens with one attached hydrogen (secondary N) is 2. The van der Waals surface area contributed by atoms with Crippen molar-refractivity contribution in [3.63, 3.8) is 0 Å². The zero-order valence-electron chi connectivity index (χ0n) is 16.1. The van der Waals surface area contributed by atoms with Gasteiger partial charge in [0.15, 0.2) is 0 Å². The Morgan fingerprint density at radius 3 is 2.93 bits per heavy atom. The lowest BCUT2D eigenvalue weighted by Crippen LogP contribution is -2.22. The van der Waals surface area contributed by atoms with E-state index in [0.29, 0.717) is 11.8 Å². The van der Waals surface area contributed by atoms with Crippen molar-refractivity contribution >= 4 is 17.5 Å². The van der Waals surface area contributed by atoms with Crippen LogP contribution >= 0.6 is 0 Å². The first kappa shape index (κ1) is 18.0. The molecular weight excluding hydrogens is 340 g/mol. The lowest BCUT2D eigenvalue weighted by atomic mass is 9.99. The maximum atomic E-state index is 5.48. The van der Waals surface area contributed by atoms with Crippen LogP contribution in [-0.4, -0.2) is 53.1 Å². The second-order valence-corrected chi connectivity index (χ2v) is 7.45. The van der Waals surface area contributed by atoms with Gasteiger partial charge in [0, 0.05) is 31.4 Å². The van der Waals surface area contributed by atoms with Gasteiger partial charge in [-0.05, 0) is 56.7 Å². The van der Waals surface area contributed by atoms with Crippen LogP contribution in [0.2, 0.25) is 0 Å². The largest absolute Gasteiger partial charge is 0.481 e. The number of ether oxygens (including phenoxy) is 1. The Balaban J connectivity index is 1.41. The molecule has 7 heteroatoms. The van der Waals surface area contributed by atoms with Crippen molar-refractivity contribution in [2.24, 2.45) is 5.92 Å². The standard InChI is InChI=1S/C20H28N6O/c1-21-18-7-9-22-20(25-18)24-16-11-15(19(27-2)23-12-16)4-3-14-8-10-26(13-14)17-5-6-17/h7,9,11-12,14,17H,3-6,8,10,13H2,1-2H3,(H2,21,22,24,25). The zero-order valence-corrected chi connectivity index (χ0v) is 16.1. The number of rotatable bonds is 8. The molecule has 1 saturated carbocycles. The van der Waals surface area contributed by atoms with Crippen LogP contribution in [0.4, 0.5) is 17.5 Å². The molecule has 2 fully saturated rings. The van der Waals surface area contributed by atoms with Gasteiger partial charge in [-0.25, -0.2) is 9.97 Å². The molecule has 1 unspecified atom stereocenters. The molecule has 4 rings (SSSR count). The summed E-state index contributed by atoms with van der Waals surface area (Å²) in [5.74, 6) is 2.82. The minimum absolute atomic E-state index is 0.552. The van der Waals surface area contributed by atoms with Gasteiger partial charge < -0.3 is 20.3 Å². The summed E-state index contributed by atoms with van der Waals surface area (Å²) in [4.78, 5) is 15.8. The predicted molar refractivity (Wildman–Crippen MR) is 107 cm³/mol. The lowest BCUT2D eigenvalue weighted by molar-refractivity contribution is 0.310. The van der Waals surface area contributed by atoms with Crippen LogP contribution < -0.4 is 15.4 Å². The fourth-order valence-electron chi connectivity index (χ4n) is 3.85. The number of methoxy groups -OCH3 is 1. The average Bonchev–Trinajstić information content (AvgIpc) is 3.45. The monoisotopic (exact) mass is 368 g/mol. The maximum absolute atomic E-state index is 5.48. The summed E-state index contributed by atoms with van der Waals surface area (Å²) in [7, 11) is 3.52. The molecule has 27 heavy (non-hydrogen) atoms. The quantitative estimate of drug-likeness (QED) is 0.741. The van der Waals surface area contributed by atoms with Crippen LogP contribution in [0.3, 0.4) is 0 Å². The minimum Gasteiger partial charge on any atom is -0.481 e. The van der Waals surface area contributed by atoms with E-state index in [9.17, 15) is 0 Å². The topological polar surface area (TPSA) is 75.2 Å². The van der Waals surface area contributed by atoms with E-state index in [4.69, 9.17) is 4.74 Å². The molecule has 144 valence electrons. The van der Waals surface area contributed by atoms with Gasteiger partial charge in [0.25, 0.3) is 0 Å². The summed E-state index contributed by atoms with van der Waals surface area (Å²) < 4.78 is 5.48. The van der Waals surface area contributed by atoms with E-state index in [1.54, 1.807) is 19.5 Å². The van der Waals surface area contributed by atoms with Crippen LogP contribution in [0.1, 0.15) is 31.2 Å². The molecule has 2 aromatic rings. The number of likely N-dealkylation sites (tertiary alicyclic amines) is 1. The first-order chi connectivity index (χ1) is 13.2. The number of hydrogen-bond donors (Lipinski definition) is 2. The molecule has 2 aromatic heterocycles. The Hall–Kier alpha value is -2.41. The molecule has 3 heterocycles. The third-order valence-electron chi connectivity index (χ3n) is 5.49. The first-order valence-corrected chi connectivity index (χ1v) is 9.80. The number of pyridine rings is 1. The van der Waals surface area contributed by atoms with Gasteiger partial charge >= 0.3 is 0 Å². The molecule has 2 aliphatic rings. The Morgan fingerprint density at radius 2 is 2.15 bits per heavy atom. The molecule has 1 saturated heterocycles. The maximum Gasteiger partial charge on any atom is 0.229 e. The number of nitrogens with zero attached hydrogens (tertiary/aromatic N) is 4. The van der Waals surface area contributed by atoms with Crippen molar-refractivity contribution in [1.82, 2.24) is 19.9 Å². The highest BCUT2D eigenvalue weighted by molar-refractivity contribution is 5.55. The van der Waals surface area contributed by atoms with Gasteiger partial charge in [-0.3, -0.25) is 0 Å². The van der Waals surface area contributed by atoms with Gasteiger partial charge in [-0.15, -0.1) is 0 Å². The van der Waals surface area contributed by atoms with Gasteiger partial charge in [0.1, 0.15) is 5.82 Å². The van der Waals surface area contributed by atoms with E-state index in [2.05, 4.69) is 36.6 Å². The van der Waals surface area contributed by atoms with Gasteiger partial charge in [-0.1, -0.05) is 0 Å². The Kier molecular flexibility index (Phi) is 5.38. The van der Waals surface area contributed by atoms with Crippen molar-refractivity contribution in [3.05, 3.63) is 30.1 Å². The molecule has 0 radical (unpaired) electrons. The van der Waals surface area contributed by atoms with Crippen molar-refractivity contribution in [3.8, 4) is 5.88 Å². The number of anilines is 3. The molecule has 1 aliphatic carbocycles. The highest BCUT2D eigenvalue weighted by atomic mass is 16.5. The summed E-state index contributed by atoms with van der Waals surface area (Å²) in [6, 6.07) is 4.82. The zero-order chi connectivity index (χ0) is 18.6. The van der Waals surface area contributed by atoms with E-state index >= 15 is 0 Å². The van der Waals surface area contributed by atoms with Crippen LogP contribution in [0.5, 0.6) is 5.88 Å². The van der Waals surface area contributed by atoms with Crippen LogP contribution in [0, 0.1) is 5.92 Å². The number of aryl methyl sites for hydroxylation is 1. The molecule has 0 bridgehead atoms. The van der Waals surface area contributed by atoms with E-state index in [1.165, 1.54) is 38.8 Å². The van der Waals surface area contributed by atoms with E-state index in [0.717, 1.165) is 35.4 Å². The Labute approximate surface area is 160 Å². The SMILES string of the molecule is CNc1ccnc(Nc2cnc(OC)c(CCC3CCN(C4CC4)C3)c2)n1. The van der Waals surface area contributed by atoms with Crippen LogP contribution in [-0.2, 0) is 6.42 Å². The minimum atomic E-state index is 0.552. The Morgan fingerprint density at radius 1 is 1.26 bits per heavy atom. The average molecular weight is 368 g/mol. The summed E-state index contributed by atoms with van der Waals surface area (Å²) in [6.45, 7) is 2.52. The molecule has 2 N–H and O–H groups in total. The second kappa shape index (κ2) is 8.08. The highest BCUT2D eigenvalue weighted by Crippen LogP contribution is 2.33. The van der Waals surface area contributed by atoms with Crippen LogP contribution in [0.15, 0.2) is 24.5 Å². The third kappa shape index (κ3) is 4.47. The predicted octanol–water partition coefficient (Wildman–Crippen LogP) is 3.08. The molecule has 1 atom stereocenters. The Bertz CT molecular complexity index is 779. The van der Waals surface area contributed by atoms with Crippen molar-refractivity contribution in [1.29, 1.82) is 0 Å². The van der Waals surface area contributed by atoms with Gasteiger partial charge in [0.2, 0.25) is 11.8 Å². The molecule has 0 amide bonds. The smallest absolute Gasteiger partial charge is 0.229 e. The van der Waals surface area contributed by atoms with Crippen LogP contribution in [0.25, 0.3) is 0 Å². The first-order valence-electron chi connectivity index (χ1n) is 9.80. The van der Waals surface area contributed by atoms with E-state index in [1.807, 2.05) is 13.1 Å². The summed E-state index contributed by atoms with van der Waals surface area (Å²) in [5, 5.41) is 6.26. The number of aromatic nitrogens is 3. The van der Waals surface area contributed by atoms with E-state index < -0.39 is 0 Å². The fraction of sp³-hybridized carbons (Fsp3) is 0.550. The summed E-state index contributed by atoms with van der Waals surface area (Å²) in [5.41, 5.74) is 2.02. The molecular formula is C20H28N6O. The molecule has 1 aliphatic heterocycles. The number of hydrogen-bond acceptors (Lipinski definition) is 7. The van der Waals surface area contributed by atoms with Crippen molar-refractivity contribution in [2.45, 2.75) is 38.1 Å². The second-order valence-electron chi connectivity index (χ2n) is 7.45. The normalized spacial score (nSPS) is 19.9. The molecule has 7 nitrogen and oxygen atoms in total. The highest BCUT2D eigenvalue weighted by Gasteiger charge is 2.34. The summed E-state index contributed by atoms with van der Waals surface area (Å²) in [6.07, 6.45) is 9.76. The summed E-state index contributed by atoms with van der Waals surface area (Å²) >= 11 is 0. The molecule has 0 spiro atoms. The van der Waals surface area contributed by atoms with Crippen molar-refractivity contribution in [2.75, 3.05) is 37.9 Å². The lowest BCUT2D eigenvalue weighted by Gasteiger charge is -2.15. The van der Waals surface area contributed by atoms with E-state index in [-0.39, 0.29) is 0 Å². The van der Waals surface area contributed by atoms with Gasteiger partial charge in [-0.2, -0.15) is 4.98 Å². The van der Waals surface area contributed by atoms with Gasteiger partial charge in [0.05, 0.1) is 19.0 Å².